The second kappa shape index (κ2) is 14.3. The molecule has 5 atom stereocenters. The molecule has 2 fully saturated rings. The number of anilines is 1. The molecule has 3 heterocycles. The summed E-state index contributed by atoms with van der Waals surface area (Å²) in [6.45, 7) is 5.25. The van der Waals surface area contributed by atoms with E-state index in [0.717, 1.165) is 80.9 Å². The average molecular weight is 714 g/mol. The minimum atomic E-state index is -3.87. The quantitative estimate of drug-likeness (QED) is 0.404. The van der Waals surface area contributed by atoms with Crippen LogP contribution in [0.5, 0.6) is 5.75 Å². The molecule has 2 aromatic carbocycles. The molecule has 11 heteroatoms. The van der Waals surface area contributed by atoms with Crippen molar-refractivity contribution in [1.29, 1.82) is 0 Å². The van der Waals surface area contributed by atoms with Crippen molar-refractivity contribution >= 4 is 33.2 Å². The van der Waals surface area contributed by atoms with E-state index in [-0.39, 0.29) is 23.7 Å². The topological polar surface area (TPSA) is 97.4 Å². The van der Waals surface area contributed by atoms with Gasteiger partial charge in [0.25, 0.3) is 5.91 Å². The van der Waals surface area contributed by atoms with Crippen LogP contribution in [0.2, 0.25) is 5.02 Å². The zero-order chi connectivity index (χ0) is 34.3. The third-order valence-electron chi connectivity index (χ3n) is 12.2. The number of likely N-dealkylation sites (N-methyl/N-ethyl adjacent to an activating group) is 1. The summed E-state index contributed by atoms with van der Waals surface area (Å²) < 4.78 is 49.0. The molecule has 1 saturated carbocycles. The number of halogens is 1. The molecule has 49 heavy (non-hydrogen) atoms. The van der Waals surface area contributed by atoms with Crippen LogP contribution in [0.4, 0.5) is 5.69 Å². The molecule has 1 spiro atoms. The number of rotatable bonds is 3. The monoisotopic (exact) mass is 713 g/mol. The van der Waals surface area contributed by atoms with E-state index in [4.69, 9.17) is 25.8 Å². The Bertz CT molecular complexity index is 1630. The molecule has 1 amide bonds. The summed E-state index contributed by atoms with van der Waals surface area (Å²) in [5.41, 5.74) is 3.51. The van der Waals surface area contributed by atoms with Crippen LogP contribution >= 0.6 is 11.6 Å². The molecule has 268 valence electrons. The van der Waals surface area contributed by atoms with Crippen molar-refractivity contribution in [2.45, 2.75) is 94.1 Å². The summed E-state index contributed by atoms with van der Waals surface area (Å²) in [7, 11) is 0.259. The fraction of sp³-hybridized carbons (Fsp3) is 0.658. The number of amides is 1. The van der Waals surface area contributed by atoms with Crippen molar-refractivity contribution in [2.75, 3.05) is 51.9 Å². The molecule has 0 aromatic heterocycles. The van der Waals surface area contributed by atoms with Crippen LogP contribution in [-0.4, -0.2) is 83.8 Å². The van der Waals surface area contributed by atoms with Gasteiger partial charge in [0, 0.05) is 35.0 Å². The Labute approximate surface area is 297 Å². The number of ether oxygens (including phenoxy) is 3. The maximum absolute atomic E-state index is 13.6. The number of fused-ring (bicyclic) bond motifs is 4. The van der Waals surface area contributed by atoms with Crippen LogP contribution in [0.25, 0.3) is 0 Å². The second-order valence-electron chi connectivity index (χ2n) is 15.4. The molecular formula is C38H52ClN3O6S. The van der Waals surface area contributed by atoms with Gasteiger partial charge < -0.3 is 24.0 Å². The van der Waals surface area contributed by atoms with E-state index in [1.165, 1.54) is 11.1 Å². The summed E-state index contributed by atoms with van der Waals surface area (Å²) in [5, 5.41) is 0.115. The number of hydrogen-bond acceptors (Lipinski definition) is 8. The Balaban J connectivity index is 1.26. The smallest absolute Gasteiger partial charge is 0.264 e. The van der Waals surface area contributed by atoms with Gasteiger partial charge in [-0.3, -0.25) is 4.79 Å². The summed E-state index contributed by atoms with van der Waals surface area (Å²) in [6.07, 6.45) is 8.53. The average Bonchev–Trinajstić information content (AvgIpc) is 3.22. The van der Waals surface area contributed by atoms with Gasteiger partial charge in [-0.2, -0.15) is 0 Å². The number of carbonyl (C=O) groups excluding carboxylic acids is 1. The van der Waals surface area contributed by atoms with Crippen LogP contribution < -0.4 is 14.4 Å². The van der Waals surface area contributed by atoms with Gasteiger partial charge >= 0.3 is 0 Å². The molecule has 1 unspecified atom stereocenters. The third-order valence-corrected chi connectivity index (χ3v) is 14.4. The van der Waals surface area contributed by atoms with Crippen molar-refractivity contribution in [3.63, 3.8) is 0 Å². The van der Waals surface area contributed by atoms with E-state index in [9.17, 15) is 13.2 Å². The minimum absolute atomic E-state index is 0.228. The SMILES string of the molecule is CC[C@@H]1CCCC[C@@H](C2OCC(N(C)C)CO2)C2CC[C@H]2CN2C[C@@]3(CCCc4cc(Cl)ccc43)COc3ccc(cc32)C(=O)NS1(=O)=O. The number of sulfonamides is 1. The molecular weight excluding hydrogens is 662 g/mol. The maximum Gasteiger partial charge on any atom is 0.264 e. The highest BCUT2D eigenvalue weighted by Crippen LogP contribution is 2.49. The first-order chi connectivity index (χ1) is 23.6. The highest BCUT2D eigenvalue weighted by atomic mass is 35.5. The lowest BCUT2D eigenvalue weighted by molar-refractivity contribution is -0.240. The van der Waals surface area contributed by atoms with Gasteiger partial charge in [-0.05, 0) is 119 Å². The molecule has 0 radical (unpaired) electrons. The van der Waals surface area contributed by atoms with Crippen molar-refractivity contribution in [1.82, 2.24) is 9.62 Å². The van der Waals surface area contributed by atoms with Crippen LogP contribution in [0.15, 0.2) is 36.4 Å². The Morgan fingerprint density at radius 1 is 1.00 bits per heavy atom. The van der Waals surface area contributed by atoms with Crippen LogP contribution in [0.1, 0.15) is 86.2 Å². The zero-order valence-electron chi connectivity index (χ0n) is 29.2. The molecule has 1 N–H and O–H groups in total. The van der Waals surface area contributed by atoms with Gasteiger partial charge in [0.1, 0.15) is 5.75 Å². The first-order valence-corrected chi connectivity index (χ1v) is 20.3. The highest BCUT2D eigenvalue weighted by Gasteiger charge is 2.46. The lowest BCUT2D eigenvalue weighted by atomic mass is 9.64. The predicted molar refractivity (Wildman–Crippen MR) is 192 cm³/mol. The van der Waals surface area contributed by atoms with Gasteiger partial charge in [-0.25, -0.2) is 13.1 Å². The predicted octanol–water partition coefficient (Wildman–Crippen LogP) is 6.17. The van der Waals surface area contributed by atoms with Crippen molar-refractivity contribution in [3.8, 4) is 5.75 Å². The van der Waals surface area contributed by atoms with Gasteiger partial charge in [0.05, 0.1) is 36.8 Å². The lowest BCUT2D eigenvalue weighted by Gasteiger charge is -2.49. The molecule has 1 saturated heterocycles. The van der Waals surface area contributed by atoms with E-state index < -0.39 is 21.2 Å². The summed E-state index contributed by atoms with van der Waals surface area (Å²) in [6, 6.07) is 11.9. The molecule has 2 bridgehead atoms. The first-order valence-electron chi connectivity index (χ1n) is 18.3. The molecule has 3 aliphatic heterocycles. The molecule has 9 nitrogen and oxygen atoms in total. The zero-order valence-corrected chi connectivity index (χ0v) is 30.7. The van der Waals surface area contributed by atoms with E-state index in [1.807, 2.05) is 25.1 Å². The third kappa shape index (κ3) is 7.10. The van der Waals surface area contributed by atoms with E-state index in [0.29, 0.717) is 50.1 Å². The first kappa shape index (κ1) is 35.1. The fourth-order valence-electron chi connectivity index (χ4n) is 9.13. The minimum Gasteiger partial charge on any atom is -0.490 e. The number of nitrogens with one attached hydrogen (secondary N) is 1. The summed E-state index contributed by atoms with van der Waals surface area (Å²) >= 11 is 6.47. The van der Waals surface area contributed by atoms with Gasteiger partial charge in [-0.1, -0.05) is 37.4 Å². The van der Waals surface area contributed by atoms with Crippen molar-refractivity contribution < 1.29 is 27.4 Å². The van der Waals surface area contributed by atoms with Crippen LogP contribution in [0.3, 0.4) is 0 Å². The Morgan fingerprint density at radius 2 is 1.80 bits per heavy atom. The molecule has 5 aliphatic rings. The van der Waals surface area contributed by atoms with Gasteiger partial charge in [-0.15, -0.1) is 0 Å². The Hall–Kier alpha value is -2.37. The fourth-order valence-corrected chi connectivity index (χ4v) is 10.8. The van der Waals surface area contributed by atoms with E-state index in [1.54, 1.807) is 6.07 Å². The number of carbonyl (C=O) groups is 1. The molecule has 2 aromatic rings. The standard InChI is InChI=1S/C38H52ClN3O6S/c1-4-30-9-5-6-10-32(37-46-21-29(22-47-37)41(2)3)31-14-11-27(31)20-42-23-38(17-7-8-25-18-28(39)13-15-33(25)38)24-48-35-16-12-26(19-34(35)42)36(43)40-49(30,44)45/h12-13,15-16,18-19,27,29-32,37H,4-11,14,17,20-24H2,1-3H3,(H,40,43)/t27-,29?,30+,31?,32+,37?,38-/m0/s1. The van der Waals surface area contributed by atoms with E-state index in [2.05, 4.69) is 40.7 Å². The van der Waals surface area contributed by atoms with Crippen molar-refractivity contribution in [3.05, 3.63) is 58.1 Å². The van der Waals surface area contributed by atoms with E-state index >= 15 is 0 Å². The summed E-state index contributed by atoms with van der Waals surface area (Å²) in [5.74, 6) is 1.22. The highest BCUT2D eigenvalue weighted by molar-refractivity contribution is 7.90. The summed E-state index contributed by atoms with van der Waals surface area (Å²) in [4.78, 5) is 18.2. The molecule has 2 aliphatic carbocycles. The largest absolute Gasteiger partial charge is 0.490 e. The van der Waals surface area contributed by atoms with Crippen molar-refractivity contribution in [2.24, 2.45) is 17.8 Å². The Morgan fingerprint density at radius 3 is 2.53 bits per heavy atom. The molecule has 7 rings (SSSR count). The second-order valence-corrected chi connectivity index (χ2v) is 17.8. The maximum atomic E-state index is 13.6. The lowest BCUT2D eigenvalue weighted by Crippen LogP contribution is -2.52. The number of benzene rings is 2. The van der Waals surface area contributed by atoms with Gasteiger partial charge in [0.2, 0.25) is 10.0 Å². The number of nitrogens with zero attached hydrogens (tertiary/aromatic N) is 2. The van der Waals surface area contributed by atoms with Crippen LogP contribution in [-0.2, 0) is 31.3 Å². The Kier molecular flexibility index (Phi) is 10.3. The number of hydrogen-bond donors (Lipinski definition) is 1. The van der Waals surface area contributed by atoms with Gasteiger partial charge in [0.15, 0.2) is 6.29 Å². The normalized spacial score (nSPS) is 33.4. The van der Waals surface area contributed by atoms with Crippen LogP contribution in [0, 0.1) is 17.8 Å². The number of aryl methyl sites for hydroxylation is 1.